The lowest BCUT2D eigenvalue weighted by Crippen LogP contribution is -1.99. The first kappa shape index (κ1) is 15.3. The van der Waals surface area contributed by atoms with E-state index in [4.69, 9.17) is 10.00 Å². The molecule has 0 radical (unpaired) electrons. The Hall–Kier alpha value is -3.13. The number of nitrogens with zero attached hydrogens (tertiary/aromatic N) is 2. The van der Waals surface area contributed by atoms with E-state index < -0.39 is 4.92 Å². The average Bonchev–Trinajstić information content (AvgIpc) is 2.54. The Bertz CT molecular complexity index is 731. The molecule has 110 valence electrons. The van der Waals surface area contributed by atoms with Gasteiger partial charge in [-0.25, -0.2) is 0 Å². The Balaban J connectivity index is 2.15. The minimum absolute atomic E-state index is 0.0302. The van der Waals surface area contributed by atoms with Crippen LogP contribution < -0.4 is 4.74 Å². The molecule has 0 bridgehead atoms. The zero-order valence-corrected chi connectivity index (χ0v) is 11.9. The van der Waals surface area contributed by atoms with Gasteiger partial charge in [-0.1, -0.05) is 18.2 Å². The maximum atomic E-state index is 10.8. The third kappa shape index (κ3) is 3.70. The molecule has 22 heavy (non-hydrogen) atoms. The van der Waals surface area contributed by atoms with E-state index >= 15 is 0 Å². The van der Waals surface area contributed by atoms with E-state index in [2.05, 4.69) is 12.6 Å². The topological polar surface area (TPSA) is 76.2 Å². The lowest BCUT2D eigenvalue weighted by atomic mass is 10.1. The lowest BCUT2D eigenvalue weighted by Gasteiger charge is -2.10. The van der Waals surface area contributed by atoms with Crippen molar-refractivity contribution >= 4 is 5.69 Å². The Kier molecular flexibility index (Phi) is 4.89. The Morgan fingerprint density at radius 2 is 2.00 bits per heavy atom. The number of rotatable bonds is 6. The van der Waals surface area contributed by atoms with E-state index in [1.165, 1.54) is 12.1 Å². The maximum absolute atomic E-state index is 10.8. The summed E-state index contributed by atoms with van der Waals surface area (Å²) < 4.78 is 5.73. The number of non-ortho nitro benzene ring substituents is 1. The summed E-state index contributed by atoms with van der Waals surface area (Å²) in [7, 11) is 0. The summed E-state index contributed by atoms with van der Waals surface area (Å²) in [6, 6.07) is 13.6. The smallest absolute Gasteiger partial charge is 0.269 e. The fraction of sp³-hybridized carbons (Fsp3) is 0.118. The van der Waals surface area contributed by atoms with E-state index in [1.54, 1.807) is 24.3 Å². The monoisotopic (exact) mass is 294 g/mol. The van der Waals surface area contributed by atoms with E-state index in [1.807, 2.05) is 12.1 Å². The first-order valence-corrected chi connectivity index (χ1v) is 6.64. The average molecular weight is 294 g/mol. The molecule has 0 saturated heterocycles. The van der Waals surface area contributed by atoms with Crippen molar-refractivity contribution in [2.75, 3.05) is 0 Å². The van der Waals surface area contributed by atoms with Crippen molar-refractivity contribution < 1.29 is 9.66 Å². The number of hydrogen-bond acceptors (Lipinski definition) is 4. The molecule has 5 heteroatoms. The number of hydrogen-bond donors (Lipinski definition) is 0. The molecule has 0 fully saturated rings. The second-order valence-corrected chi connectivity index (χ2v) is 4.64. The molecular weight excluding hydrogens is 280 g/mol. The molecule has 0 unspecified atom stereocenters. The number of nitro groups is 1. The van der Waals surface area contributed by atoms with E-state index in [0.717, 1.165) is 11.1 Å². The summed E-state index contributed by atoms with van der Waals surface area (Å²) in [6.45, 7) is 3.98. The largest absolute Gasteiger partial charge is 0.489 e. The molecular formula is C17H14N2O3. The number of nitro benzene ring substituents is 1. The highest BCUT2D eigenvalue weighted by atomic mass is 16.6. The van der Waals surface area contributed by atoms with Gasteiger partial charge in [-0.2, -0.15) is 5.26 Å². The van der Waals surface area contributed by atoms with Crippen LogP contribution in [0.3, 0.4) is 0 Å². The van der Waals surface area contributed by atoms with Gasteiger partial charge in [0.05, 0.1) is 16.6 Å². The molecule has 2 aromatic rings. The van der Waals surface area contributed by atoms with Gasteiger partial charge in [0.15, 0.2) is 0 Å². The number of ether oxygens (including phenoxy) is 1. The van der Waals surface area contributed by atoms with Crippen molar-refractivity contribution in [1.82, 2.24) is 0 Å². The van der Waals surface area contributed by atoms with E-state index in [0.29, 0.717) is 24.3 Å². The highest BCUT2D eigenvalue weighted by molar-refractivity contribution is 5.44. The summed E-state index contributed by atoms with van der Waals surface area (Å²) in [5.41, 5.74) is 2.26. The maximum Gasteiger partial charge on any atom is 0.269 e. The van der Waals surface area contributed by atoms with Gasteiger partial charge in [-0.15, -0.1) is 6.58 Å². The van der Waals surface area contributed by atoms with Crippen molar-refractivity contribution in [3.05, 3.63) is 81.9 Å². The van der Waals surface area contributed by atoms with Crippen LogP contribution in [0.1, 0.15) is 16.7 Å². The second kappa shape index (κ2) is 7.04. The molecule has 0 heterocycles. The number of allylic oxidation sites excluding steroid dienone is 1. The highest BCUT2D eigenvalue weighted by Gasteiger charge is 2.11. The molecule has 0 aromatic heterocycles. The van der Waals surface area contributed by atoms with Gasteiger partial charge >= 0.3 is 0 Å². The van der Waals surface area contributed by atoms with Gasteiger partial charge in [0, 0.05) is 17.7 Å². The minimum Gasteiger partial charge on any atom is -0.489 e. The van der Waals surface area contributed by atoms with Gasteiger partial charge in [0.1, 0.15) is 12.4 Å². The van der Waals surface area contributed by atoms with Crippen molar-refractivity contribution in [2.24, 2.45) is 0 Å². The van der Waals surface area contributed by atoms with Gasteiger partial charge in [-0.05, 0) is 30.2 Å². The molecule has 2 aromatic carbocycles. The van der Waals surface area contributed by atoms with Crippen LogP contribution in [-0.4, -0.2) is 4.92 Å². The molecule has 0 amide bonds. The second-order valence-electron chi connectivity index (χ2n) is 4.64. The summed E-state index contributed by atoms with van der Waals surface area (Å²) in [5, 5.41) is 19.6. The van der Waals surface area contributed by atoms with Gasteiger partial charge in [0.2, 0.25) is 0 Å². The van der Waals surface area contributed by atoms with E-state index in [-0.39, 0.29) is 5.69 Å². The van der Waals surface area contributed by atoms with Crippen molar-refractivity contribution in [3.63, 3.8) is 0 Å². The Morgan fingerprint density at radius 1 is 1.27 bits per heavy atom. The predicted octanol–water partition coefficient (Wildman–Crippen LogP) is 3.77. The Labute approximate surface area is 128 Å². The summed E-state index contributed by atoms with van der Waals surface area (Å²) in [5.74, 6) is 0.592. The fourth-order valence-electron chi connectivity index (χ4n) is 1.97. The molecule has 0 spiro atoms. The van der Waals surface area contributed by atoms with Crippen molar-refractivity contribution in [3.8, 4) is 11.8 Å². The third-order valence-corrected chi connectivity index (χ3v) is 3.10. The zero-order chi connectivity index (χ0) is 15.9. The molecule has 0 aliphatic heterocycles. The van der Waals surface area contributed by atoms with E-state index in [9.17, 15) is 10.1 Å². The van der Waals surface area contributed by atoms with Crippen LogP contribution in [0.4, 0.5) is 5.69 Å². The molecule has 0 aliphatic carbocycles. The van der Waals surface area contributed by atoms with Crippen LogP contribution >= 0.6 is 0 Å². The first-order chi connectivity index (χ1) is 10.6. The molecule has 5 nitrogen and oxygen atoms in total. The van der Waals surface area contributed by atoms with Crippen LogP contribution in [-0.2, 0) is 13.0 Å². The van der Waals surface area contributed by atoms with Crippen LogP contribution in [0.15, 0.2) is 55.1 Å². The zero-order valence-electron chi connectivity index (χ0n) is 11.9. The van der Waals surface area contributed by atoms with Gasteiger partial charge < -0.3 is 4.74 Å². The molecule has 0 saturated carbocycles. The minimum atomic E-state index is -0.434. The van der Waals surface area contributed by atoms with Crippen LogP contribution in [0.25, 0.3) is 0 Å². The molecule has 0 N–H and O–H groups in total. The summed E-state index contributed by atoms with van der Waals surface area (Å²) in [4.78, 5) is 10.4. The highest BCUT2D eigenvalue weighted by Crippen LogP contribution is 2.25. The summed E-state index contributed by atoms with van der Waals surface area (Å²) >= 11 is 0. The van der Waals surface area contributed by atoms with Crippen LogP contribution in [0.2, 0.25) is 0 Å². The van der Waals surface area contributed by atoms with Crippen molar-refractivity contribution in [2.45, 2.75) is 13.0 Å². The van der Waals surface area contributed by atoms with Crippen LogP contribution in [0.5, 0.6) is 5.75 Å². The standard InChI is InChI=1S/C17H14N2O3/c1-2-3-15-10-16(19(20)21)8-9-17(15)22-12-14-6-4-13(11-18)5-7-14/h2,4-10H,1,3,12H2. The normalized spacial score (nSPS) is 9.77. The van der Waals surface area contributed by atoms with Crippen LogP contribution in [0, 0.1) is 21.4 Å². The predicted molar refractivity (Wildman–Crippen MR) is 82.5 cm³/mol. The molecule has 0 atom stereocenters. The number of benzene rings is 2. The van der Waals surface area contributed by atoms with Gasteiger partial charge in [0.25, 0.3) is 5.69 Å². The lowest BCUT2D eigenvalue weighted by molar-refractivity contribution is -0.384. The SMILES string of the molecule is C=CCc1cc([N+](=O)[O-])ccc1OCc1ccc(C#N)cc1. The molecule has 0 aliphatic rings. The van der Waals surface area contributed by atoms with Gasteiger partial charge in [-0.3, -0.25) is 10.1 Å². The fourth-order valence-corrected chi connectivity index (χ4v) is 1.97. The molecule has 2 rings (SSSR count). The van der Waals surface area contributed by atoms with Crippen molar-refractivity contribution in [1.29, 1.82) is 5.26 Å². The Morgan fingerprint density at radius 3 is 2.59 bits per heavy atom. The quantitative estimate of drug-likeness (QED) is 0.461. The third-order valence-electron chi connectivity index (χ3n) is 3.10. The number of nitriles is 1. The summed E-state index contributed by atoms with van der Waals surface area (Å²) in [6.07, 6.45) is 2.16. The first-order valence-electron chi connectivity index (χ1n) is 6.64.